The molecule has 1 aliphatic heterocycles. The SMILES string of the molecule is CC(C)C(=O)N1NC2=C(CCCC2)C1(O)C(F)(F)F. The summed E-state index contributed by atoms with van der Waals surface area (Å²) < 4.78 is 39.8. The number of carbonyl (C=O) groups excluding carboxylic acids is 1. The molecule has 0 fully saturated rings. The van der Waals surface area contributed by atoms with Crippen LogP contribution in [0.1, 0.15) is 39.5 Å². The number of hydrogen-bond donors (Lipinski definition) is 2. The number of carbonyl (C=O) groups is 1. The van der Waals surface area contributed by atoms with Gasteiger partial charge in [0.2, 0.25) is 5.91 Å². The standard InChI is InChI=1S/C12H17F3N2O2/c1-7(2)10(18)17-11(19,12(13,14)15)8-5-3-4-6-9(8)16-17/h7,16,19H,3-6H2,1-2H3. The van der Waals surface area contributed by atoms with Gasteiger partial charge in [0.1, 0.15) is 0 Å². The van der Waals surface area contributed by atoms with E-state index in [0.29, 0.717) is 23.5 Å². The lowest BCUT2D eigenvalue weighted by atomic mass is 9.89. The molecule has 1 atom stereocenters. The quantitative estimate of drug-likeness (QED) is 0.772. The van der Waals surface area contributed by atoms with Gasteiger partial charge in [0.15, 0.2) is 0 Å². The Bertz CT molecular complexity index is 431. The lowest BCUT2D eigenvalue weighted by molar-refractivity contribution is -0.294. The minimum absolute atomic E-state index is 0.111. The first-order valence-corrected chi connectivity index (χ1v) is 6.32. The number of nitrogens with one attached hydrogen (secondary N) is 1. The third kappa shape index (κ3) is 2.00. The van der Waals surface area contributed by atoms with Crippen molar-refractivity contribution < 1.29 is 23.1 Å². The number of aliphatic hydroxyl groups is 1. The van der Waals surface area contributed by atoms with E-state index in [1.54, 1.807) is 0 Å². The molecule has 1 unspecified atom stereocenters. The molecule has 2 N–H and O–H groups in total. The fraction of sp³-hybridized carbons (Fsp3) is 0.750. The zero-order chi connectivity index (χ0) is 14.4. The monoisotopic (exact) mass is 278 g/mol. The Kier molecular flexibility index (Phi) is 3.28. The van der Waals surface area contributed by atoms with Gasteiger partial charge in [-0.1, -0.05) is 13.8 Å². The molecule has 1 heterocycles. The third-order valence-electron chi connectivity index (χ3n) is 3.57. The Hall–Kier alpha value is -1.24. The summed E-state index contributed by atoms with van der Waals surface area (Å²) in [5, 5.41) is 10.5. The first-order valence-electron chi connectivity index (χ1n) is 6.32. The molecule has 2 aliphatic rings. The van der Waals surface area contributed by atoms with Gasteiger partial charge in [-0.15, -0.1) is 0 Å². The van der Waals surface area contributed by atoms with E-state index >= 15 is 0 Å². The van der Waals surface area contributed by atoms with Crippen LogP contribution in [0.15, 0.2) is 11.3 Å². The van der Waals surface area contributed by atoms with Crippen molar-refractivity contribution in [3.8, 4) is 0 Å². The Morgan fingerprint density at radius 1 is 1.37 bits per heavy atom. The fourth-order valence-corrected chi connectivity index (χ4v) is 2.53. The molecule has 0 spiro atoms. The van der Waals surface area contributed by atoms with Gasteiger partial charge in [-0.05, 0) is 25.7 Å². The summed E-state index contributed by atoms with van der Waals surface area (Å²) in [4.78, 5) is 11.9. The van der Waals surface area contributed by atoms with E-state index in [1.807, 2.05) is 0 Å². The van der Waals surface area contributed by atoms with Crippen molar-refractivity contribution in [2.24, 2.45) is 5.92 Å². The predicted molar refractivity (Wildman–Crippen MR) is 61.3 cm³/mol. The molecule has 0 aromatic carbocycles. The van der Waals surface area contributed by atoms with E-state index in [4.69, 9.17) is 0 Å². The number of rotatable bonds is 1. The zero-order valence-corrected chi connectivity index (χ0v) is 10.8. The van der Waals surface area contributed by atoms with Crippen LogP contribution in [0.25, 0.3) is 0 Å². The molecule has 0 saturated carbocycles. The second-order valence-corrected chi connectivity index (χ2v) is 5.27. The van der Waals surface area contributed by atoms with E-state index in [9.17, 15) is 23.1 Å². The smallest absolute Gasteiger partial charge is 0.359 e. The Morgan fingerprint density at radius 2 is 1.95 bits per heavy atom. The van der Waals surface area contributed by atoms with Crippen molar-refractivity contribution in [3.05, 3.63) is 11.3 Å². The number of amides is 1. The number of hydrazine groups is 1. The lowest BCUT2D eigenvalue weighted by Gasteiger charge is -2.37. The van der Waals surface area contributed by atoms with Gasteiger partial charge in [0.25, 0.3) is 5.72 Å². The number of halogens is 3. The Labute approximate surface area is 109 Å². The van der Waals surface area contributed by atoms with E-state index in [0.717, 1.165) is 6.42 Å². The molecule has 7 heteroatoms. The molecular weight excluding hydrogens is 261 g/mol. The Balaban J connectivity index is 2.46. The molecule has 108 valence electrons. The van der Waals surface area contributed by atoms with Crippen molar-refractivity contribution in [1.82, 2.24) is 10.4 Å². The highest BCUT2D eigenvalue weighted by Gasteiger charge is 2.65. The molecule has 0 saturated heterocycles. The predicted octanol–water partition coefficient (Wildman–Crippen LogP) is 2.07. The average molecular weight is 278 g/mol. The van der Waals surface area contributed by atoms with Crippen molar-refractivity contribution in [2.45, 2.75) is 51.4 Å². The van der Waals surface area contributed by atoms with Crippen LogP contribution in [0.5, 0.6) is 0 Å². The number of alkyl halides is 3. The topological polar surface area (TPSA) is 52.6 Å². The molecule has 1 amide bonds. The Morgan fingerprint density at radius 3 is 2.47 bits per heavy atom. The maximum absolute atomic E-state index is 13.3. The number of nitrogens with zero attached hydrogens (tertiary/aromatic N) is 1. The molecule has 0 bridgehead atoms. The second kappa shape index (κ2) is 4.40. The van der Waals surface area contributed by atoms with Crippen LogP contribution in [0.3, 0.4) is 0 Å². The molecule has 0 radical (unpaired) electrons. The van der Waals surface area contributed by atoms with Gasteiger partial charge in [0.05, 0.1) is 0 Å². The third-order valence-corrected chi connectivity index (χ3v) is 3.57. The van der Waals surface area contributed by atoms with Crippen molar-refractivity contribution in [3.63, 3.8) is 0 Å². The molecule has 2 rings (SSSR count). The van der Waals surface area contributed by atoms with Crippen LogP contribution in [-0.2, 0) is 4.79 Å². The number of hydrogen-bond acceptors (Lipinski definition) is 3. The molecule has 0 aromatic heterocycles. The normalized spacial score (nSPS) is 27.6. The van der Waals surface area contributed by atoms with Gasteiger partial charge in [-0.3, -0.25) is 10.2 Å². The first-order chi connectivity index (χ1) is 8.69. The molecular formula is C12H17F3N2O2. The zero-order valence-electron chi connectivity index (χ0n) is 10.8. The summed E-state index contributed by atoms with van der Waals surface area (Å²) in [5.74, 6) is -1.41. The summed E-state index contributed by atoms with van der Waals surface area (Å²) in [5.41, 5.74) is -0.517. The van der Waals surface area contributed by atoms with Gasteiger partial charge < -0.3 is 5.11 Å². The van der Waals surface area contributed by atoms with Gasteiger partial charge in [-0.2, -0.15) is 13.2 Å². The highest BCUT2D eigenvalue weighted by atomic mass is 19.4. The summed E-state index contributed by atoms with van der Waals surface area (Å²) >= 11 is 0. The maximum Gasteiger partial charge on any atom is 0.442 e. The van der Waals surface area contributed by atoms with Crippen molar-refractivity contribution >= 4 is 5.91 Å². The second-order valence-electron chi connectivity index (χ2n) is 5.27. The van der Waals surface area contributed by atoms with Crippen molar-refractivity contribution in [1.29, 1.82) is 0 Å². The van der Waals surface area contributed by atoms with Crippen molar-refractivity contribution in [2.75, 3.05) is 0 Å². The summed E-state index contributed by atoms with van der Waals surface area (Å²) in [6.07, 6.45) is -3.00. The minimum atomic E-state index is -4.92. The van der Waals surface area contributed by atoms with E-state index in [1.165, 1.54) is 13.8 Å². The first kappa shape index (κ1) is 14.2. The molecule has 0 aromatic rings. The van der Waals surface area contributed by atoms with Crippen LogP contribution in [-0.4, -0.2) is 27.9 Å². The number of allylic oxidation sites excluding steroid dienone is 1. The van der Waals surface area contributed by atoms with E-state index < -0.39 is 23.7 Å². The summed E-state index contributed by atoms with van der Waals surface area (Å²) in [6.45, 7) is 3.00. The van der Waals surface area contributed by atoms with Crippen LogP contribution in [0.4, 0.5) is 13.2 Å². The summed E-state index contributed by atoms with van der Waals surface area (Å²) in [6, 6.07) is 0. The van der Waals surface area contributed by atoms with Crippen LogP contribution >= 0.6 is 0 Å². The minimum Gasteiger partial charge on any atom is -0.359 e. The summed E-state index contributed by atoms with van der Waals surface area (Å²) in [7, 11) is 0. The van der Waals surface area contributed by atoms with Gasteiger partial charge in [0, 0.05) is 17.2 Å². The largest absolute Gasteiger partial charge is 0.442 e. The van der Waals surface area contributed by atoms with Gasteiger partial charge in [-0.25, -0.2) is 5.01 Å². The lowest BCUT2D eigenvalue weighted by Crippen LogP contribution is -2.62. The van der Waals surface area contributed by atoms with Crippen LogP contribution in [0, 0.1) is 5.92 Å². The maximum atomic E-state index is 13.3. The van der Waals surface area contributed by atoms with Crippen LogP contribution < -0.4 is 5.43 Å². The molecule has 4 nitrogen and oxygen atoms in total. The van der Waals surface area contributed by atoms with Crippen LogP contribution in [0.2, 0.25) is 0 Å². The average Bonchev–Trinajstić information content (AvgIpc) is 2.63. The van der Waals surface area contributed by atoms with E-state index in [2.05, 4.69) is 5.43 Å². The van der Waals surface area contributed by atoms with E-state index in [-0.39, 0.29) is 12.0 Å². The highest BCUT2D eigenvalue weighted by Crippen LogP contribution is 2.47. The highest BCUT2D eigenvalue weighted by molar-refractivity contribution is 5.79. The fourth-order valence-electron chi connectivity index (χ4n) is 2.53. The molecule has 19 heavy (non-hydrogen) atoms. The molecule has 1 aliphatic carbocycles. The van der Waals surface area contributed by atoms with Gasteiger partial charge >= 0.3 is 6.18 Å².